The molecule has 2 heterocycles. The number of rotatable bonds is 5. The Hall–Kier alpha value is -3.15. The summed E-state index contributed by atoms with van der Waals surface area (Å²) in [5.41, 5.74) is 3.17. The first-order chi connectivity index (χ1) is 14.2. The van der Waals surface area contributed by atoms with Gasteiger partial charge in [0, 0.05) is 31.1 Å². The molecule has 1 aromatic heterocycles. The van der Waals surface area contributed by atoms with E-state index in [9.17, 15) is 9.90 Å². The number of phenols is 1. The molecule has 1 aliphatic heterocycles. The molecular formula is C23H24N4O2. The van der Waals surface area contributed by atoms with E-state index >= 15 is 0 Å². The molecule has 2 aliphatic rings. The van der Waals surface area contributed by atoms with Gasteiger partial charge in [0.25, 0.3) is 0 Å². The number of carbonyl (C=O) groups excluding carboxylic acids is 1. The van der Waals surface area contributed by atoms with Crippen molar-refractivity contribution in [2.75, 3.05) is 13.1 Å². The standard InChI is InChI=1S/C23H24N4O2/c28-21-9-7-18(8-10-21)17-1-3-19(4-2-17)22-25-24-15-27(22)14-16-11-12-26(13-16)23(29)20-5-6-20/h1-4,7-10,15-16,20,28H,5-6,11-14H2/t16-/m0/s1. The molecule has 6 nitrogen and oxygen atoms in total. The monoisotopic (exact) mass is 388 g/mol. The summed E-state index contributed by atoms with van der Waals surface area (Å²) in [7, 11) is 0. The van der Waals surface area contributed by atoms with Crippen molar-refractivity contribution in [2.24, 2.45) is 11.8 Å². The quantitative estimate of drug-likeness (QED) is 0.725. The number of amides is 1. The van der Waals surface area contributed by atoms with Crippen molar-refractivity contribution in [1.82, 2.24) is 19.7 Å². The molecule has 2 fully saturated rings. The summed E-state index contributed by atoms with van der Waals surface area (Å²) in [6.45, 7) is 2.54. The molecule has 5 rings (SSSR count). The third-order valence-corrected chi connectivity index (χ3v) is 5.94. The van der Waals surface area contributed by atoms with Gasteiger partial charge in [-0.2, -0.15) is 0 Å². The Balaban J connectivity index is 1.29. The number of hydrogen-bond donors (Lipinski definition) is 1. The number of likely N-dealkylation sites (tertiary alicyclic amines) is 1. The first-order valence-corrected chi connectivity index (χ1v) is 10.2. The van der Waals surface area contributed by atoms with Gasteiger partial charge in [-0.3, -0.25) is 4.79 Å². The Bertz CT molecular complexity index is 1010. The van der Waals surface area contributed by atoms with Gasteiger partial charge < -0.3 is 14.6 Å². The summed E-state index contributed by atoms with van der Waals surface area (Å²) in [4.78, 5) is 14.3. The molecule has 0 radical (unpaired) electrons. The molecule has 1 amide bonds. The zero-order chi connectivity index (χ0) is 19.8. The van der Waals surface area contributed by atoms with Crippen molar-refractivity contribution in [3.05, 3.63) is 54.9 Å². The van der Waals surface area contributed by atoms with Crippen molar-refractivity contribution >= 4 is 5.91 Å². The van der Waals surface area contributed by atoms with Gasteiger partial charge >= 0.3 is 0 Å². The number of aromatic hydroxyl groups is 1. The van der Waals surface area contributed by atoms with Crippen LogP contribution in [0.5, 0.6) is 5.75 Å². The lowest BCUT2D eigenvalue weighted by molar-refractivity contribution is -0.131. The van der Waals surface area contributed by atoms with Gasteiger partial charge in [0.05, 0.1) is 0 Å². The molecule has 1 saturated heterocycles. The summed E-state index contributed by atoms with van der Waals surface area (Å²) in [5, 5.41) is 17.9. The number of benzene rings is 2. The number of hydrogen-bond acceptors (Lipinski definition) is 4. The molecule has 1 saturated carbocycles. The van der Waals surface area contributed by atoms with Crippen LogP contribution in [0.15, 0.2) is 54.9 Å². The predicted molar refractivity (Wildman–Crippen MR) is 110 cm³/mol. The number of phenolic OH excluding ortho intramolecular Hbond substituents is 1. The van der Waals surface area contributed by atoms with Crippen LogP contribution in [0.3, 0.4) is 0 Å². The van der Waals surface area contributed by atoms with Crippen molar-refractivity contribution < 1.29 is 9.90 Å². The topological polar surface area (TPSA) is 71.2 Å². The Labute approximate surface area is 169 Å². The molecule has 148 valence electrons. The van der Waals surface area contributed by atoms with E-state index in [-0.39, 0.29) is 5.75 Å². The average Bonchev–Trinajstić information content (AvgIpc) is 3.32. The SMILES string of the molecule is O=C(C1CC1)N1CC[C@H](Cn2cnnc2-c2ccc(-c3ccc(O)cc3)cc2)C1. The fourth-order valence-electron chi connectivity index (χ4n) is 4.13. The molecule has 0 unspecified atom stereocenters. The Morgan fingerprint density at radius 2 is 1.62 bits per heavy atom. The molecule has 2 aromatic carbocycles. The smallest absolute Gasteiger partial charge is 0.225 e. The summed E-state index contributed by atoms with van der Waals surface area (Å²) < 4.78 is 2.10. The number of aromatic nitrogens is 3. The van der Waals surface area contributed by atoms with Crippen molar-refractivity contribution in [3.8, 4) is 28.3 Å². The Morgan fingerprint density at radius 3 is 2.31 bits per heavy atom. The molecule has 1 aliphatic carbocycles. The lowest BCUT2D eigenvalue weighted by Gasteiger charge is -2.17. The maximum Gasteiger partial charge on any atom is 0.225 e. The van der Waals surface area contributed by atoms with Gasteiger partial charge in [0.1, 0.15) is 12.1 Å². The largest absolute Gasteiger partial charge is 0.508 e. The highest BCUT2D eigenvalue weighted by molar-refractivity contribution is 5.81. The van der Waals surface area contributed by atoms with E-state index in [1.807, 2.05) is 17.0 Å². The third kappa shape index (κ3) is 3.75. The molecule has 3 aromatic rings. The van der Waals surface area contributed by atoms with Gasteiger partial charge in [-0.1, -0.05) is 36.4 Å². The van der Waals surface area contributed by atoms with E-state index in [1.54, 1.807) is 18.5 Å². The van der Waals surface area contributed by atoms with Crippen LogP contribution in [0.25, 0.3) is 22.5 Å². The van der Waals surface area contributed by atoms with Gasteiger partial charge in [0.15, 0.2) is 5.82 Å². The van der Waals surface area contributed by atoms with Gasteiger partial charge in [0.2, 0.25) is 5.91 Å². The van der Waals surface area contributed by atoms with Crippen LogP contribution in [0, 0.1) is 11.8 Å². The minimum absolute atomic E-state index is 0.266. The summed E-state index contributed by atoms with van der Waals surface area (Å²) in [6, 6.07) is 15.4. The Kier molecular flexibility index (Phi) is 4.54. The van der Waals surface area contributed by atoms with Gasteiger partial charge in [-0.15, -0.1) is 10.2 Å². The normalized spacial score (nSPS) is 18.9. The number of nitrogens with zero attached hydrogens (tertiary/aromatic N) is 4. The van der Waals surface area contributed by atoms with Gasteiger partial charge in [-0.25, -0.2) is 0 Å². The van der Waals surface area contributed by atoms with E-state index in [0.29, 0.717) is 17.7 Å². The van der Waals surface area contributed by atoms with E-state index in [1.165, 1.54) is 0 Å². The maximum atomic E-state index is 12.3. The van der Waals surface area contributed by atoms with Crippen molar-refractivity contribution in [1.29, 1.82) is 0 Å². The van der Waals surface area contributed by atoms with E-state index in [4.69, 9.17) is 0 Å². The first-order valence-electron chi connectivity index (χ1n) is 10.2. The lowest BCUT2D eigenvalue weighted by Crippen LogP contribution is -2.30. The fraction of sp³-hybridized carbons (Fsp3) is 0.348. The summed E-state index contributed by atoms with van der Waals surface area (Å²) in [6.07, 6.45) is 4.95. The minimum Gasteiger partial charge on any atom is -0.508 e. The minimum atomic E-state index is 0.266. The van der Waals surface area contributed by atoms with Crippen LogP contribution in [0.1, 0.15) is 19.3 Å². The second kappa shape index (κ2) is 7.35. The Morgan fingerprint density at radius 1 is 0.966 bits per heavy atom. The predicted octanol–water partition coefficient (Wildman–Crippen LogP) is 3.58. The van der Waals surface area contributed by atoms with Crippen molar-refractivity contribution in [2.45, 2.75) is 25.8 Å². The van der Waals surface area contributed by atoms with Crippen LogP contribution < -0.4 is 0 Å². The number of carbonyl (C=O) groups is 1. The average molecular weight is 388 g/mol. The zero-order valence-corrected chi connectivity index (χ0v) is 16.2. The maximum absolute atomic E-state index is 12.3. The van der Waals surface area contributed by atoms with Crippen molar-refractivity contribution in [3.63, 3.8) is 0 Å². The first kappa shape index (κ1) is 17.9. The highest BCUT2D eigenvalue weighted by Gasteiger charge is 2.36. The van der Waals surface area contributed by atoms with Crippen LogP contribution in [0.2, 0.25) is 0 Å². The molecule has 0 bridgehead atoms. The zero-order valence-electron chi connectivity index (χ0n) is 16.2. The van der Waals surface area contributed by atoms with Crippen LogP contribution in [-0.4, -0.2) is 43.8 Å². The molecular weight excluding hydrogens is 364 g/mol. The van der Waals surface area contributed by atoms with E-state index in [0.717, 1.165) is 61.4 Å². The summed E-state index contributed by atoms with van der Waals surface area (Å²) in [5.74, 6) is 2.22. The second-order valence-corrected chi connectivity index (χ2v) is 8.14. The molecule has 1 atom stereocenters. The lowest BCUT2D eigenvalue weighted by atomic mass is 10.0. The van der Waals surface area contributed by atoms with E-state index < -0.39 is 0 Å². The molecule has 1 N–H and O–H groups in total. The van der Waals surface area contributed by atoms with E-state index in [2.05, 4.69) is 39.0 Å². The third-order valence-electron chi connectivity index (χ3n) is 5.94. The molecule has 6 heteroatoms. The fourth-order valence-corrected chi connectivity index (χ4v) is 4.13. The second-order valence-electron chi connectivity index (χ2n) is 8.14. The summed E-state index contributed by atoms with van der Waals surface area (Å²) >= 11 is 0. The van der Waals surface area contributed by atoms with Gasteiger partial charge in [-0.05, 0) is 48.4 Å². The van der Waals surface area contributed by atoms with Crippen LogP contribution >= 0.6 is 0 Å². The van der Waals surface area contributed by atoms with Crippen LogP contribution in [-0.2, 0) is 11.3 Å². The van der Waals surface area contributed by atoms with Crippen LogP contribution in [0.4, 0.5) is 0 Å². The molecule has 0 spiro atoms. The molecule has 29 heavy (non-hydrogen) atoms. The highest BCUT2D eigenvalue weighted by Crippen LogP contribution is 2.33. The highest BCUT2D eigenvalue weighted by atomic mass is 16.3.